The summed E-state index contributed by atoms with van der Waals surface area (Å²) in [7, 11) is -4.83. The molecule has 0 aromatic heterocycles. The van der Waals surface area contributed by atoms with Crippen LogP contribution in [0.2, 0.25) is 36.8 Å². The number of rotatable bonds is 15. The van der Waals surface area contributed by atoms with Gasteiger partial charge in [0, 0.05) is 5.54 Å². The minimum absolute atomic E-state index is 0.0619. The molecule has 264 valence electrons. The number of benzene rings is 1. The molecule has 2 aliphatic heterocycles. The highest BCUT2D eigenvalue weighted by atomic mass is 28.4. The van der Waals surface area contributed by atoms with Crippen LogP contribution in [0.25, 0.3) is 0 Å². The van der Waals surface area contributed by atoms with Crippen LogP contribution in [0, 0.1) is 0 Å². The van der Waals surface area contributed by atoms with Crippen LogP contribution in [0.15, 0.2) is 53.8 Å². The molecule has 1 N–H and O–H groups in total. The van der Waals surface area contributed by atoms with E-state index in [9.17, 15) is 14.7 Å². The third kappa shape index (κ3) is 10.4. The highest BCUT2D eigenvalue weighted by Crippen LogP contribution is 2.46. The van der Waals surface area contributed by atoms with Crippen LogP contribution < -0.4 is 5.19 Å². The van der Waals surface area contributed by atoms with Gasteiger partial charge in [0.2, 0.25) is 0 Å². The average molecular weight is 686 g/mol. The number of carbonyl (C=O) groups is 2. The molecule has 0 radical (unpaired) electrons. The summed E-state index contributed by atoms with van der Waals surface area (Å²) < 4.78 is 18.5. The van der Waals surface area contributed by atoms with Gasteiger partial charge in [0.05, 0.1) is 32.4 Å². The molecule has 0 spiro atoms. The van der Waals surface area contributed by atoms with E-state index in [4.69, 9.17) is 13.9 Å². The Morgan fingerprint density at radius 3 is 2.13 bits per heavy atom. The van der Waals surface area contributed by atoms with E-state index in [0.717, 1.165) is 18.0 Å². The van der Waals surface area contributed by atoms with E-state index >= 15 is 0 Å². The van der Waals surface area contributed by atoms with Gasteiger partial charge in [-0.3, -0.25) is 4.79 Å². The molecular weight excluding hydrogens is 623 g/mol. The molecule has 2 amide bonds. The molecule has 0 bridgehead atoms. The molecule has 47 heavy (non-hydrogen) atoms. The predicted octanol–water partition coefficient (Wildman–Crippen LogP) is 9.42. The van der Waals surface area contributed by atoms with Crippen LogP contribution in [-0.4, -0.2) is 68.9 Å². The fourth-order valence-electron chi connectivity index (χ4n) is 6.26. The summed E-state index contributed by atoms with van der Waals surface area (Å²) in [6.07, 6.45) is 12.6. The average Bonchev–Trinajstić information content (AvgIpc) is 3.65. The molecule has 0 saturated carbocycles. The number of aliphatic hydroxyl groups is 1. The van der Waals surface area contributed by atoms with Crippen molar-refractivity contribution < 1.29 is 28.6 Å². The molecule has 0 aliphatic carbocycles. The van der Waals surface area contributed by atoms with E-state index in [1.165, 1.54) is 43.4 Å². The number of aliphatic hydroxyl groups excluding tert-OH is 1. The lowest BCUT2D eigenvalue weighted by molar-refractivity contribution is -0.126. The van der Waals surface area contributed by atoms with Gasteiger partial charge in [-0.25, -0.2) is 9.69 Å². The van der Waals surface area contributed by atoms with E-state index in [0.29, 0.717) is 0 Å². The number of unbranched alkanes of at least 4 members (excludes halogenated alkanes) is 6. The van der Waals surface area contributed by atoms with Crippen LogP contribution in [-0.2, 0) is 18.7 Å². The number of imide groups is 1. The zero-order chi connectivity index (χ0) is 35.2. The second kappa shape index (κ2) is 16.0. The van der Waals surface area contributed by atoms with Crippen molar-refractivity contribution in [3.63, 3.8) is 0 Å². The second-order valence-corrected chi connectivity index (χ2v) is 26.0. The molecule has 2 aliphatic rings. The van der Waals surface area contributed by atoms with Crippen molar-refractivity contribution >= 4 is 33.6 Å². The first-order chi connectivity index (χ1) is 21.8. The van der Waals surface area contributed by atoms with Crippen molar-refractivity contribution in [1.82, 2.24) is 4.90 Å². The summed E-state index contributed by atoms with van der Waals surface area (Å²) in [5.74, 6) is -0.617. The molecule has 2 saturated heterocycles. The maximum absolute atomic E-state index is 14.4. The smallest absolute Gasteiger partial charge is 0.417 e. The van der Waals surface area contributed by atoms with Crippen molar-refractivity contribution in [2.24, 2.45) is 0 Å². The molecule has 1 aromatic rings. The van der Waals surface area contributed by atoms with Crippen molar-refractivity contribution in [3.8, 4) is 0 Å². The molecule has 4 atom stereocenters. The van der Waals surface area contributed by atoms with Crippen LogP contribution >= 0.6 is 0 Å². The Hall–Kier alpha value is -2.21. The van der Waals surface area contributed by atoms with Crippen molar-refractivity contribution in [2.75, 3.05) is 6.61 Å². The number of epoxide rings is 1. The molecule has 2 fully saturated rings. The lowest BCUT2D eigenvalue weighted by Crippen LogP contribution is -2.54. The molecule has 3 rings (SSSR count). The van der Waals surface area contributed by atoms with Gasteiger partial charge in [-0.2, -0.15) is 0 Å². The predicted molar refractivity (Wildman–Crippen MR) is 197 cm³/mol. The van der Waals surface area contributed by atoms with Gasteiger partial charge in [0.1, 0.15) is 17.5 Å². The minimum atomic E-state index is -2.57. The monoisotopic (exact) mass is 685 g/mol. The Balaban J connectivity index is 1.96. The molecule has 9 heteroatoms. The van der Waals surface area contributed by atoms with Crippen LogP contribution in [0.5, 0.6) is 0 Å². The fraction of sp³-hybridized carbons (Fsp3) is 0.684. The van der Waals surface area contributed by atoms with E-state index in [1.807, 2.05) is 24.3 Å². The summed E-state index contributed by atoms with van der Waals surface area (Å²) in [6, 6.07) is 9.56. The topological polar surface area (TPSA) is 88.6 Å². The first-order valence-electron chi connectivity index (χ1n) is 17.8. The first kappa shape index (κ1) is 39.2. The summed E-state index contributed by atoms with van der Waals surface area (Å²) in [4.78, 5) is 29.5. The SMILES string of the molecule is CCCCCCCCC[C@H]1O[C@@H]1/C=C/C(O)=C1/C(=O)N(C(=O)OC(C)(C)C)[C@H](CO[Si](C)(C)C(C)(C)C)[C@H]1[Si](C)(C)c1ccccc1. The summed E-state index contributed by atoms with van der Waals surface area (Å²) in [6.45, 7) is 23.1. The van der Waals surface area contributed by atoms with Crippen molar-refractivity contribution in [2.45, 2.75) is 160 Å². The Morgan fingerprint density at radius 2 is 1.55 bits per heavy atom. The van der Waals surface area contributed by atoms with Gasteiger partial charge in [0.25, 0.3) is 5.91 Å². The van der Waals surface area contributed by atoms with Gasteiger partial charge in [0.15, 0.2) is 8.32 Å². The summed E-state index contributed by atoms with van der Waals surface area (Å²) in [5.41, 5.74) is -0.963. The van der Waals surface area contributed by atoms with Gasteiger partial charge in [-0.05, 0) is 57.5 Å². The van der Waals surface area contributed by atoms with Crippen LogP contribution in [0.3, 0.4) is 0 Å². The number of ether oxygens (including phenoxy) is 2. The molecule has 7 nitrogen and oxygen atoms in total. The number of amides is 2. The van der Waals surface area contributed by atoms with Gasteiger partial charge >= 0.3 is 6.09 Å². The summed E-state index contributed by atoms with van der Waals surface area (Å²) in [5, 5.41) is 12.8. The Kier molecular flexibility index (Phi) is 13.4. The number of allylic oxidation sites excluding steroid dienone is 1. The zero-order valence-electron chi connectivity index (χ0n) is 31.2. The third-order valence-electron chi connectivity index (χ3n) is 10.2. The molecule has 2 heterocycles. The van der Waals surface area contributed by atoms with Gasteiger partial charge < -0.3 is 19.0 Å². The fourth-order valence-corrected chi connectivity index (χ4v) is 10.9. The highest BCUT2D eigenvalue weighted by molar-refractivity contribution is 6.92. The maximum Gasteiger partial charge on any atom is 0.417 e. The minimum Gasteiger partial charge on any atom is -0.507 e. The number of hydrogen-bond donors (Lipinski definition) is 1. The Bertz CT molecular complexity index is 1260. The quantitative estimate of drug-likeness (QED) is 0.0651. The van der Waals surface area contributed by atoms with E-state index in [1.54, 1.807) is 26.8 Å². The first-order valence-corrected chi connectivity index (χ1v) is 23.8. The van der Waals surface area contributed by atoms with Crippen molar-refractivity contribution in [1.29, 1.82) is 0 Å². The molecular formula is C38H63NO6Si2. The number of carbonyl (C=O) groups excluding carboxylic acids is 2. The Labute approximate surface area is 287 Å². The second-order valence-electron chi connectivity index (χ2n) is 16.6. The standard InChI is InChI=1S/C38H63NO6Si2/c1-12-13-14-15-16-17-21-24-31-32(44-31)26-25-30(40)33-34(46(8,9)28-22-19-18-20-23-28)29(27-43-47(10,11)38(5,6)7)39(35(33)41)36(42)45-37(2,3)4/h18-20,22-23,25-26,29,31-32,34,40H,12-17,21,24,27H2,1-11H3/b26-25+,33-30-/t29-,31-,32-,34-/m1/s1. The number of nitrogens with zero attached hydrogens (tertiary/aromatic N) is 1. The van der Waals surface area contributed by atoms with Crippen LogP contribution in [0.4, 0.5) is 4.79 Å². The van der Waals surface area contributed by atoms with Gasteiger partial charge in [-0.1, -0.05) is 121 Å². The zero-order valence-corrected chi connectivity index (χ0v) is 33.2. The molecule has 1 aromatic carbocycles. The normalized spacial score (nSPS) is 23.5. The van der Waals surface area contributed by atoms with E-state index in [-0.39, 0.29) is 35.2 Å². The number of likely N-dealkylation sites (tertiary alicyclic amines) is 1. The lowest BCUT2D eigenvalue weighted by atomic mass is 10.1. The Morgan fingerprint density at radius 1 is 0.957 bits per heavy atom. The highest BCUT2D eigenvalue weighted by Gasteiger charge is 2.57. The van der Waals surface area contributed by atoms with Crippen LogP contribution in [0.1, 0.15) is 99.8 Å². The number of hydrogen-bond acceptors (Lipinski definition) is 6. The van der Waals surface area contributed by atoms with Gasteiger partial charge in [-0.15, -0.1) is 0 Å². The van der Waals surface area contributed by atoms with Crippen molar-refractivity contribution in [3.05, 3.63) is 53.8 Å². The summed E-state index contributed by atoms with van der Waals surface area (Å²) >= 11 is 0. The third-order valence-corrected chi connectivity index (χ3v) is 18.8. The maximum atomic E-state index is 14.4. The lowest BCUT2D eigenvalue weighted by Gasteiger charge is -2.40. The van der Waals surface area contributed by atoms with E-state index < -0.39 is 45.6 Å². The molecule has 0 unspecified atom stereocenters. The largest absolute Gasteiger partial charge is 0.507 e. The van der Waals surface area contributed by atoms with E-state index in [2.05, 4.69) is 66.0 Å².